The zero-order chi connectivity index (χ0) is 21.0. The third-order valence-corrected chi connectivity index (χ3v) is 4.73. The molecule has 4 amide bonds. The number of alkyl halides is 2. The number of urea groups is 1. The molecule has 0 unspecified atom stereocenters. The Hall–Kier alpha value is -3.24. The van der Waals surface area contributed by atoms with E-state index in [9.17, 15) is 28.0 Å². The van der Waals surface area contributed by atoms with Crippen molar-refractivity contribution >= 4 is 23.8 Å². The van der Waals surface area contributed by atoms with E-state index in [-0.39, 0.29) is 11.3 Å². The molecule has 1 spiro atoms. The number of ether oxygens (including phenoxy) is 2. The lowest BCUT2D eigenvalue weighted by atomic mass is 9.82. The summed E-state index contributed by atoms with van der Waals surface area (Å²) in [5, 5.41) is 3.22. The first-order chi connectivity index (χ1) is 13.8. The molecular formula is C18H19F2N3O6. The number of esters is 1. The molecule has 1 aliphatic heterocycles. The van der Waals surface area contributed by atoms with Gasteiger partial charge < -0.3 is 14.8 Å². The van der Waals surface area contributed by atoms with Gasteiger partial charge in [0.1, 0.15) is 11.3 Å². The minimum Gasteiger partial charge on any atom is -0.452 e. The minimum absolute atomic E-state index is 0.105. The van der Waals surface area contributed by atoms with Crippen LogP contribution >= 0.6 is 0 Å². The first-order valence-electron chi connectivity index (χ1n) is 8.99. The van der Waals surface area contributed by atoms with Crippen LogP contribution in [0.3, 0.4) is 0 Å². The summed E-state index contributed by atoms with van der Waals surface area (Å²) >= 11 is 0. The predicted octanol–water partition coefficient (Wildman–Crippen LogP) is 1.73. The molecule has 0 atom stereocenters. The van der Waals surface area contributed by atoms with Gasteiger partial charge in [-0.05, 0) is 31.0 Å². The number of carbonyl (C=O) groups is 4. The maximum Gasteiger partial charge on any atom is 0.387 e. The fraction of sp³-hybridized carbons (Fsp3) is 0.444. The number of nitrogens with zero attached hydrogens (tertiary/aromatic N) is 1. The van der Waals surface area contributed by atoms with Crippen molar-refractivity contribution in [3.8, 4) is 5.75 Å². The second-order valence-corrected chi connectivity index (χ2v) is 6.73. The third kappa shape index (κ3) is 4.61. The van der Waals surface area contributed by atoms with Crippen LogP contribution in [0.5, 0.6) is 5.75 Å². The first-order valence-corrected chi connectivity index (χ1v) is 8.99. The highest BCUT2D eigenvalue weighted by Gasteiger charge is 2.52. The zero-order valence-corrected chi connectivity index (χ0v) is 15.3. The number of amides is 4. The molecule has 156 valence electrons. The molecule has 1 aliphatic carbocycles. The summed E-state index contributed by atoms with van der Waals surface area (Å²) in [5.74, 6) is -2.63. The van der Waals surface area contributed by atoms with Gasteiger partial charge in [-0.15, -0.1) is 0 Å². The van der Waals surface area contributed by atoms with E-state index in [4.69, 9.17) is 4.74 Å². The quantitative estimate of drug-likeness (QED) is 0.544. The predicted molar refractivity (Wildman–Crippen MR) is 92.7 cm³/mol. The fourth-order valence-corrected chi connectivity index (χ4v) is 3.39. The SMILES string of the molecule is O=C(COC(=O)c1cccc(OC(F)F)c1)NN1C(=O)NC2(CCCCC2)C1=O. The molecule has 2 aliphatic rings. The first kappa shape index (κ1) is 20.5. The smallest absolute Gasteiger partial charge is 0.387 e. The van der Waals surface area contributed by atoms with Gasteiger partial charge in [0.05, 0.1) is 5.56 Å². The number of hydrazine groups is 1. The van der Waals surface area contributed by atoms with Gasteiger partial charge >= 0.3 is 18.6 Å². The van der Waals surface area contributed by atoms with Gasteiger partial charge in [0.2, 0.25) is 0 Å². The van der Waals surface area contributed by atoms with Crippen molar-refractivity contribution in [2.24, 2.45) is 0 Å². The number of hydrogen-bond donors (Lipinski definition) is 2. The van der Waals surface area contributed by atoms with Gasteiger partial charge in [0, 0.05) is 0 Å². The molecule has 1 heterocycles. The highest BCUT2D eigenvalue weighted by atomic mass is 19.3. The van der Waals surface area contributed by atoms with Crippen LogP contribution in [0.4, 0.5) is 13.6 Å². The summed E-state index contributed by atoms with van der Waals surface area (Å²) in [6, 6.07) is 4.13. The van der Waals surface area contributed by atoms with Gasteiger partial charge in [-0.2, -0.15) is 13.8 Å². The van der Waals surface area contributed by atoms with Crippen LogP contribution in [0.1, 0.15) is 42.5 Å². The summed E-state index contributed by atoms with van der Waals surface area (Å²) in [5.41, 5.74) is 1.03. The number of rotatable bonds is 6. The maximum atomic E-state index is 12.6. The largest absolute Gasteiger partial charge is 0.452 e. The average Bonchev–Trinajstić information content (AvgIpc) is 2.90. The van der Waals surface area contributed by atoms with Gasteiger partial charge in [-0.1, -0.05) is 25.3 Å². The lowest BCUT2D eigenvalue weighted by molar-refractivity contribution is -0.140. The highest BCUT2D eigenvalue weighted by Crippen LogP contribution is 2.32. The molecule has 11 heteroatoms. The van der Waals surface area contributed by atoms with E-state index < -0.39 is 42.6 Å². The second kappa shape index (κ2) is 8.41. The van der Waals surface area contributed by atoms with Gasteiger partial charge in [-0.3, -0.25) is 15.0 Å². The number of hydrogen-bond acceptors (Lipinski definition) is 6. The van der Waals surface area contributed by atoms with Crippen LogP contribution in [-0.4, -0.2) is 47.6 Å². The monoisotopic (exact) mass is 411 g/mol. The van der Waals surface area contributed by atoms with Crippen LogP contribution in [0, 0.1) is 0 Å². The summed E-state index contributed by atoms with van der Waals surface area (Å²) in [4.78, 5) is 48.6. The standard InChI is InChI=1S/C18H19F2N3O6/c19-16(20)29-12-6-4-5-11(9-12)14(25)28-10-13(24)22-23-15(26)18(21-17(23)27)7-2-1-3-8-18/h4-6,9,16H,1-3,7-8,10H2,(H,21,27)(H,22,24). The molecule has 1 saturated carbocycles. The van der Waals surface area contributed by atoms with Crippen molar-refractivity contribution < 1.29 is 37.4 Å². The molecule has 3 rings (SSSR count). The van der Waals surface area contributed by atoms with Crippen LogP contribution in [0.25, 0.3) is 0 Å². The van der Waals surface area contributed by atoms with E-state index >= 15 is 0 Å². The molecule has 29 heavy (non-hydrogen) atoms. The Bertz CT molecular complexity index is 826. The van der Waals surface area contributed by atoms with Crippen molar-refractivity contribution in [3.05, 3.63) is 29.8 Å². The van der Waals surface area contributed by atoms with Crippen molar-refractivity contribution in [1.29, 1.82) is 0 Å². The normalized spacial score (nSPS) is 18.0. The summed E-state index contributed by atoms with van der Waals surface area (Å²) in [6.45, 7) is -3.83. The Balaban J connectivity index is 1.54. The molecule has 0 aromatic heterocycles. The second-order valence-electron chi connectivity index (χ2n) is 6.73. The summed E-state index contributed by atoms with van der Waals surface area (Å²) < 4.78 is 33.5. The van der Waals surface area contributed by atoms with Crippen molar-refractivity contribution in [2.75, 3.05) is 6.61 Å². The molecule has 2 N–H and O–H groups in total. The maximum absolute atomic E-state index is 12.6. The van der Waals surface area contributed by atoms with Crippen molar-refractivity contribution in [2.45, 2.75) is 44.3 Å². The van der Waals surface area contributed by atoms with Crippen molar-refractivity contribution in [3.63, 3.8) is 0 Å². The molecular weight excluding hydrogens is 392 g/mol. The van der Waals surface area contributed by atoms with E-state index in [0.717, 1.165) is 25.3 Å². The van der Waals surface area contributed by atoms with E-state index in [1.807, 2.05) is 0 Å². The molecule has 1 aromatic rings. The lowest BCUT2D eigenvalue weighted by Gasteiger charge is -2.30. The minimum atomic E-state index is -3.05. The van der Waals surface area contributed by atoms with Crippen molar-refractivity contribution in [1.82, 2.24) is 15.8 Å². The van der Waals surface area contributed by atoms with E-state index in [0.29, 0.717) is 17.9 Å². The van der Waals surface area contributed by atoms with Crippen LogP contribution in [-0.2, 0) is 14.3 Å². The fourth-order valence-electron chi connectivity index (χ4n) is 3.39. The third-order valence-electron chi connectivity index (χ3n) is 4.73. The number of halogens is 2. The topological polar surface area (TPSA) is 114 Å². The number of carbonyl (C=O) groups excluding carboxylic acids is 4. The summed E-state index contributed by atoms with van der Waals surface area (Å²) in [7, 11) is 0. The molecule has 2 fully saturated rings. The average molecular weight is 411 g/mol. The van der Waals surface area contributed by atoms with Gasteiger partial charge in [-0.25, -0.2) is 9.59 Å². The van der Waals surface area contributed by atoms with E-state index in [1.54, 1.807) is 0 Å². The Labute approximate surface area is 164 Å². The van der Waals surface area contributed by atoms with Crippen LogP contribution in [0.15, 0.2) is 24.3 Å². The molecule has 1 saturated heterocycles. The Morgan fingerprint density at radius 3 is 2.62 bits per heavy atom. The Morgan fingerprint density at radius 1 is 1.21 bits per heavy atom. The summed E-state index contributed by atoms with van der Waals surface area (Å²) in [6.07, 6.45) is 3.54. The van der Waals surface area contributed by atoms with E-state index in [1.165, 1.54) is 18.2 Å². The van der Waals surface area contributed by atoms with Gasteiger partial charge in [0.15, 0.2) is 6.61 Å². The number of nitrogens with one attached hydrogen (secondary N) is 2. The van der Waals surface area contributed by atoms with E-state index in [2.05, 4.69) is 15.5 Å². The van der Waals surface area contributed by atoms with Gasteiger partial charge in [0.25, 0.3) is 11.8 Å². The molecule has 9 nitrogen and oxygen atoms in total. The van der Waals surface area contributed by atoms with Crippen LogP contribution < -0.4 is 15.5 Å². The Kier molecular flexibility index (Phi) is 5.95. The zero-order valence-electron chi connectivity index (χ0n) is 15.3. The molecule has 0 bridgehead atoms. The highest BCUT2D eigenvalue weighted by molar-refractivity contribution is 6.08. The Morgan fingerprint density at radius 2 is 1.93 bits per heavy atom. The lowest BCUT2D eigenvalue weighted by Crippen LogP contribution is -2.51. The number of benzene rings is 1. The molecule has 1 aromatic carbocycles. The number of imide groups is 1. The van der Waals surface area contributed by atoms with Crippen LogP contribution in [0.2, 0.25) is 0 Å². The molecule has 0 radical (unpaired) electrons.